The second-order valence-electron chi connectivity index (χ2n) is 8.22. The first-order valence-corrected chi connectivity index (χ1v) is 9.63. The van der Waals surface area contributed by atoms with E-state index in [4.69, 9.17) is 4.52 Å². The van der Waals surface area contributed by atoms with Crippen LogP contribution in [0.25, 0.3) is 22.5 Å². The average Bonchev–Trinajstić information content (AvgIpc) is 3.05. The van der Waals surface area contributed by atoms with E-state index >= 15 is 0 Å². The normalized spacial score (nSPS) is 20.4. The number of rotatable bonds is 3. The number of hydrogen-bond donors (Lipinski definition) is 0. The molecule has 1 aliphatic carbocycles. The van der Waals surface area contributed by atoms with Crippen molar-refractivity contribution in [3.05, 3.63) is 77.6 Å². The molecular formula is C23H18F3N3O. The number of alkyl halides is 3. The van der Waals surface area contributed by atoms with Crippen molar-refractivity contribution in [2.75, 3.05) is 0 Å². The highest BCUT2D eigenvalue weighted by Gasteiger charge is 2.61. The van der Waals surface area contributed by atoms with Gasteiger partial charge >= 0.3 is 6.18 Å². The quantitative estimate of drug-likeness (QED) is 0.404. The Morgan fingerprint density at radius 3 is 2.33 bits per heavy atom. The SMILES string of the molecule is CC1(C)[C@@H](c2ccccc2)[C@@H]1c1noc(-c2cc(C(F)(F)F)c3ccccc3n2)n1. The Hall–Kier alpha value is -3.22. The minimum absolute atomic E-state index is 0.00392. The van der Waals surface area contributed by atoms with Crippen molar-refractivity contribution in [1.29, 1.82) is 0 Å². The lowest BCUT2D eigenvalue weighted by molar-refractivity contribution is -0.136. The van der Waals surface area contributed by atoms with E-state index in [9.17, 15) is 13.2 Å². The molecule has 2 aromatic heterocycles. The minimum Gasteiger partial charge on any atom is -0.332 e. The first-order chi connectivity index (χ1) is 14.3. The zero-order valence-corrected chi connectivity index (χ0v) is 16.3. The van der Waals surface area contributed by atoms with Gasteiger partial charge in [0, 0.05) is 17.2 Å². The van der Waals surface area contributed by atoms with Crippen LogP contribution >= 0.6 is 0 Å². The van der Waals surface area contributed by atoms with E-state index in [1.54, 1.807) is 18.2 Å². The van der Waals surface area contributed by atoms with Crippen LogP contribution in [0.4, 0.5) is 13.2 Å². The van der Waals surface area contributed by atoms with Crippen molar-refractivity contribution in [3.8, 4) is 11.6 Å². The Morgan fingerprint density at radius 2 is 1.60 bits per heavy atom. The molecular weight excluding hydrogens is 391 g/mol. The fourth-order valence-corrected chi connectivity index (χ4v) is 4.39. The summed E-state index contributed by atoms with van der Waals surface area (Å²) < 4.78 is 46.2. The van der Waals surface area contributed by atoms with Gasteiger partial charge in [0.15, 0.2) is 5.82 Å². The number of para-hydroxylation sites is 1. The summed E-state index contributed by atoms with van der Waals surface area (Å²) in [6.07, 6.45) is -4.52. The highest BCUT2D eigenvalue weighted by molar-refractivity contribution is 5.84. The molecule has 0 aliphatic heterocycles. The second-order valence-corrected chi connectivity index (χ2v) is 8.22. The fraction of sp³-hybridized carbons (Fsp3) is 0.261. The molecule has 0 radical (unpaired) electrons. The van der Waals surface area contributed by atoms with E-state index in [0.717, 1.165) is 6.07 Å². The third-order valence-corrected chi connectivity index (χ3v) is 5.95. The van der Waals surface area contributed by atoms with Crippen molar-refractivity contribution >= 4 is 10.9 Å². The van der Waals surface area contributed by atoms with Crippen molar-refractivity contribution in [2.45, 2.75) is 31.9 Å². The molecule has 0 bridgehead atoms. The van der Waals surface area contributed by atoms with Gasteiger partial charge in [0.1, 0.15) is 5.69 Å². The molecule has 30 heavy (non-hydrogen) atoms. The van der Waals surface area contributed by atoms with E-state index in [0.29, 0.717) is 5.82 Å². The third kappa shape index (κ3) is 2.96. The van der Waals surface area contributed by atoms with Crippen molar-refractivity contribution in [3.63, 3.8) is 0 Å². The number of hydrogen-bond acceptors (Lipinski definition) is 4. The Bertz CT molecular complexity index is 1230. The fourth-order valence-electron chi connectivity index (χ4n) is 4.39. The molecule has 0 N–H and O–H groups in total. The molecule has 1 saturated carbocycles. The van der Waals surface area contributed by atoms with Gasteiger partial charge in [-0.3, -0.25) is 0 Å². The van der Waals surface area contributed by atoms with Gasteiger partial charge in [-0.05, 0) is 23.1 Å². The molecule has 2 aromatic carbocycles. The molecule has 1 fully saturated rings. The summed E-state index contributed by atoms with van der Waals surface area (Å²) in [5, 5.41) is 4.13. The maximum Gasteiger partial charge on any atom is 0.417 e. The summed E-state index contributed by atoms with van der Waals surface area (Å²) in [6, 6.07) is 17.2. The first kappa shape index (κ1) is 18.8. The third-order valence-electron chi connectivity index (χ3n) is 5.95. The van der Waals surface area contributed by atoms with Gasteiger partial charge in [0.2, 0.25) is 0 Å². The summed E-state index contributed by atoms with van der Waals surface area (Å²) in [5.74, 6) is 0.738. The molecule has 4 nitrogen and oxygen atoms in total. The number of pyridine rings is 1. The zero-order chi connectivity index (χ0) is 21.1. The van der Waals surface area contributed by atoms with Crippen LogP contribution < -0.4 is 0 Å². The number of benzene rings is 2. The van der Waals surface area contributed by atoms with Crippen LogP contribution in [-0.2, 0) is 6.18 Å². The largest absolute Gasteiger partial charge is 0.417 e. The van der Waals surface area contributed by atoms with Gasteiger partial charge in [-0.1, -0.05) is 67.5 Å². The molecule has 0 saturated heterocycles. The van der Waals surface area contributed by atoms with Crippen molar-refractivity contribution in [2.24, 2.45) is 5.41 Å². The monoisotopic (exact) mass is 409 g/mol. The lowest BCUT2D eigenvalue weighted by atomic mass is 10.0. The molecule has 1 aliphatic rings. The van der Waals surface area contributed by atoms with Gasteiger partial charge in [0.05, 0.1) is 11.1 Å². The molecule has 7 heteroatoms. The summed E-state index contributed by atoms with van der Waals surface area (Å²) in [7, 11) is 0. The maximum atomic E-state index is 13.6. The smallest absolute Gasteiger partial charge is 0.332 e. The Kier molecular flexibility index (Phi) is 4.00. The van der Waals surface area contributed by atoms with E-state index in [-0.39, 0.29) is 39.7 Å². The molecule has 2 heterocycles. The van der Waals surface area contributed by atoms with Crippen LogP contribution in [0.5, 0.6) is 0 Å². The lowest BCUT2D eigenvalue weighted by Crippen LogP contribution is -2.07. The summed E-state index contributed by atoms with van der Waals surface area (Å²) in [6.45, 7) is 4.25. The van der Waals surface area contributed by atoms with E-state index in [2.05, 4.69) is 41.1 Å². The molecule has 4 aromatic rings. The highest BCUT2D eigenvalue weighted by atomic mass is 19.4. The van der Waals surface area contributed by atoms with Crippen molar-refractivity contribution in [1.82, 2.24) is 15.1 Å². The summed E-state index contributed by atoms with van der Waals surface area (Å²) in [4.78, 5) is 8.77. The van der Waals surface area contributed by atoms with Crippen LogP contribution in [0, 0.1) is 5.41 Å². The number of fused-ring (bicyclic) bond motifs is 1. The van der Waals surface area contributed by atoms with Crippen LogP contribution in [0.3, 0.4) is 0 Å². The van der Waals surface area contributed by atoms with Crippen LogP contribution in [0.15, 0.2) is 65.2 Å². The topological polar surface area (TPSA) is 51.8 Å². The van der Waals surface area contributed by atoms with Gasteiger partial charge in [-0.25, -0.2) is 4.98 Å². The molecule has 152 valence electrons. The van der Waals surface area contributed by atoms with Gasteiger partial charge in [0.25, 0.3) is 5.89 Å². The minimum atomic E-state index is -4.52. The number of aromatic nitrogens is 3. The van der Waals surface area contributed by atoms with E-state index in [1.807, 2.05) is 18.2 Å². The molecule has 0 unspecified atom stereocenters. The Morgan fingerprint density at radius 1 is 0.900 bits per heavy atom. The number of halogens is 3. The van der Waals surface area contributed by atoms with Crippen LogP contribution in [0.1, 0.15) is 42.6 Å². The lowest BCUT2D eigenvalue weighted by Gasteiger charge is -2.11. The van der Waals surface area contributed by atoms with Crippen LogP contribution in [0.2, 0.25) is 0 Å². The predicted octanol–water partition coefficient (Wildman–Crippen LogP) is 6.21. The molecule has 0 spiro atoms. The second kappa shape index (κ2) is 6.39. The highest BCUT2D eigenvalue weighted by Crippen LogP contribution is 2.69. The summed E-state index contributed by atoms with van der Waals surface area (Å²) in [5.41, 5.74) is 0.598. The standard InChI is InChI=1S/C23H18F3N3O/c1-22(2)18(13-8-4-3-5-9-13)19(22)20-28-21(30-29-20)17-12-15(23(24,25)26)14-10-6-7-11-16(14)27-17/h3-12,18-19H,1-2H3/t18-,19+/m0/s1. The van der Waals surface area contributed by atoms with Crippen LogP contribution in [-0.4, -0.2) is 15.1 Å². The van der Waals surface area contributed by atoms with Gasteiger partial charge < -0.3 is 4.52 Å². The average molecular weight is 409 g/mol. The first-order valence-electron chi connectivity index (χ1n) is 9.63. The van der Waals surface area contributed by atoms with E-state index in [1.165, 1.54) is 11.6 Å². The van der Waals surface area contributed by atoms with Crippen molar-refractivity contribution < 1.29 is 17.7 Å². The van der Waals surface area contributed by atoms with E-state index < -0.39 is 11.7 Å². The Labute approximate surface area is 170 Å². The summed E-state index contributed by atoms with van der Waals surface area (Å²) >= 11 is 0. The zero-order valence-electron chi connectivity index (χ0n) is 16.3. The van der Waals surface area contributed by atoms with Gasteiger partial charge in [-0.15, -0.1) is 0 Å². The molecule has 5 rings (SSSR count). The van der Waals surface area contributed by atoms with Gasteiger partial charge in [-0.2, -0.15) is 18.2 Å². The number of nitrogens with zero attached hydrogens (tertiary/aromatic N) is 3. The predicted molar refractivity (Wildman–Crippen MR) is 106 cm³/mol. The molecule has 2 atom stereocenters. The Balaban J connectivity index is 1.55. The maximum absolute atomic E-state index is 13.6. The molecule has 0 amide bonds.